The van der Waals surface area contributed by atoms with Crippen LogP contribution < -0.4 is 5.32 Å². The van der Waals surface area contributed by atoms with Crippen molar-refractivity contribution in [3.8, 4) is 5.69 Å². The summed E-state index contributed by atoms with van der Waals surface area (Å²) in [4.78, 5) is 4.16. The van der Waals surface area contributed by atoms with E-state index >= 15 is 0 Å². The molecule has 2 aromatic carbocycles. The van der Waals surface area contributed by atoms with Gasteiger partial charge in [-0.2, -0.15) is 13.2 Å². The predicted molar refractivity (Wildman–Crippen MR) is 102 cm³/mol. The van der Waals surface area contributed by atoms with Gasteiger partial charge in [0.25, 0.3) is 0 Å². The molecule has 0 unspecified atom stereocenters. The van der Waals surface area contributed by atoms with Gasteiger partial charge in [-0.05, 0) is 49.7 Å². The molecule has 0 amide bonds. The molecule has 7 heteroatoms. The summed E-state index contributed by atoms with van der Waals surface area (Å²) in [6.07, 6.45) is -2.96. The lowest BCUT2D eigenvalue weighted by atomic mass is 10.1. The normalized spacial score (nSPS) is 11.5. The minimum atomic E-state index is -4.47. The summed E-state index contributed by atoms with van der Waals surface area (Å²) in [6, 6.07) is 10.7. The van der Waals surface area contributed by atoms with Crippen LogP contribution in [0.15, 0.2) is 55.4 Å². The van der Waals surface area contributed by atoms with Crippen LogP contribution in [0.1, 0.15) is 22.5 Å². The Hall–Kier alpha value is -2.73. The molecular weight excluding hydrogens is 375 g/mol. The van der Waals surface area contributed by atoms with Crippen LogP contribution in [-0.4, -0.2) is 9.55 Å². The monoisotopic (exact) mass is 391 g/mol. The second kappa shape index (κ2) is 7.12. The molecule has 0 spiro atoms. The van der Waals surface area contributed by atoms with Crippen LogP contribution in [-0.2, 0) is 6.18 Å². The molecule has 0 bridgehead atoms. The van der Waals surface area contributed by atoms with Gasteiger partial charge in [0.1, 0.15) is 0 Å². The van der Waals surface area contributed by atoms with E-state index in [1.807, 2.05) is 6.92 Å². The summed E-state index contributed by atoms with van der Waals surface area (Å²) in [6.45, 7) is 7.53. The molecule has 0 saturated carbocycles. The molecule has 3 rings (SSSR count). The van der Waals surface area contributed by atoms with Gasteiger partial charge in [0, 0.05) is 27.8 Å². The molecule has 0 saturated heterocycles. The lowest BCUT2D eigenvalue weighted by Crippen LogP contribution is -2.08. The predicted octanol–water partition coefficient (Wildman–Crippen LogP) is 6.24. The average Bonchev–Trinajstić information content (AvgIpc) is 2.93. The standard InChI is InChI=1S/C20H17ClF3N3/c1-12-14(3)27(11-25-12)19-9-16(20(22,23)24)8-18(10-19)26-13(2)15-4-6-17(21)7-5-15/h4-11,26H,2H2,1,3H3. The molecule has 1 heterocycles. The highest BCUT2D eigenvalue weighted by molar-refractivity contribution is 6.30. The Balaban J connectivity index is 2.01. The first kappa shape index (κ1) is 19.0. The van der Waals surface area contributed by atoms with E-state index in [9.17, 15) is 13.2 Å². The summed E-state index contributed by atoms with van der Waals surface area (Å²) in [7, 11) is 0. The van der Waals surface area contributed by atoms with Gasteiger partial charge in [0.15, 0.2) is 0 Å². The molecule has 0 aliphatic heterocycles. The number of alkyl halides is 3. The maximum Gasteiger partial charge on any atom is 0.416 e. The lowest BCUT2D eigenvalue weighted by molar-refractivity contribution is -0.137. The van der Waals surface area contributed by atoms with Crippen molar-refractivity contribution in [3.05, 3.63) is 82.9 Å². The Morgan fingerprint density at radius 1 is 1.11 bits per heavy atom. The van der Waals surface area contributed by atoms with E-state index in [0.29, 0.717) is 16.4 Å². The molecule has 1 N–H and O–H groups in total. The van der Waals surface area contributed by atoms with Crippen LogP contribution >= 0.6 is 11.6 Å². The SMILES string of the molecule is C=C(Nc1cc(-n2cnc(C)c2C)cc(C(F)(F)F)c1)c1ccc(Cl)cc1. The van der Waals surface area contributed by atoms with Crippen LogP contribution in [0.3, 0.4) is 0 Å². The molecule has 3 aromatic rings. The lowest BCUT2D eigenvalue weighted by Gasteiger charge is -2.16. The Morgan fingerprint density at radius 2 is 1.78 bits per heavy atom. The van der Waals surface area contributed by atoms with Crippen molar-refractivity contribution in [1.82, 2.24) is 9.55 Å². The molecule has 27 heavy (non-hydrogen) atoms. The number of nitrogens with one attached hydrogen (secondary N) is 1. The fourth-order valence-electron chi connectivity index (χ4n) is 2.64. The first-order valence-corrected chi connectivity index (χ1v) is 8.48. The number of halogens is 4. The van der Waals surface area contributed by atoms with Crippen molar-refractivity contribution in [3.63, 3.8) is 0 Å². The minimum absolute atomic E-state index is 0.283. The van der Waals surface area contributed by atoms with E-state index < -0.39 is 11.7 Å². The van der Waals surface area contributed by atoms with Gasteiger partial charge in [0.2, 0.25) is 0 Å². The van der Waals surface area contributed by atoms with Crippen molar-refractivity contribution in [2.24, 2.45) is 0 Å². The van der Waals surface area contributed by atoms with Crippen molar-refractivity contribution in [1.29, 1.82) is 0 Å². The third-order valence-corrected chi connectivity index (χ3v) is 4.51. The molecule has 0 radical (unpaired) electrons. The van der Waals surface area contributed by atoms with Gasteiger partial charge in [-0.3, -0.25) is 0 Å². The molecule has 0 aliphatic carbocycles. The summed E-state index contributed by atoms with van der Waals surface area (Å²) in [5.74, 6) is 0. The largest absolute Gasteiger partial charge is 0.416 e. The summed E-state index contributed by atoms with van der Waals surface area (Å²) in [5, 5.41) is 3.52. The van der Waals surface area contributed by atoms with Gasteiger partial charge in [0.05, 0.1) is 17.6 Å². The fourth-order valence-corrected chi connectivity index (χ4v) is 2.77. The smallest absolute Gasteiger partial charge is 0.355 e. The molecule has 1 aromatic heterocycles. The highest BCUT2D eigenvalue weighted by Gasteiger charge is 2.31. The molecule has 140 valence electrons. The third-order valence-electron chi connectivity index (χ3n) is 4.26. The van der Waals surface area contributed by atoms with Gasteiger partial charge in [-0.25, -0.2) is 4.98 Å². The van der Waals surface area contributed by atoms with Crippen molar-refractivity contribution < 1.29 is 13.2 Å². The first-order valence-electron chi connectivity index (χ1n) is 8.10. The van der Waals surface area contributed by atoms with Gasteiger partial charge in [-0.1, -0.05) is 30.3 Å². The molecule has 0 aliphatic rings. The number of hydrogen-bond donors (Lipinski definition) is 1. The highest BCUT2D eigenvalue weighted by atomic mass is 35.5. The number of benzene rings is 2. The third kappa shape index (κ3) is 4.17. The van der Waals surface area contributed by atoms with Crippen LogP contribution in [0.5, 0.6) is 0 Å². The van der Waals surface area contributed by atoms with E-state index in [-0.39, 0.29) is 5.69 Å². The summed E-state index contributed by atoms with van der Waals surface area (Å²) >= 11 is 5.87. The first-order chi connectivity index (χ1) is 12.6. The van der Waals surface area contributed by atoms with Crippen LogP contribution in [0.2, 0.25) is 5.02 Å². The van der Waals surface area contributed by atoms with Crippen LogP contribution in [0, 0.1) is 13.8 Å². The zero-order valence-electron chi connectivity index (χ0n) is 14.7. The number of imidazole rings is 1. The number of nitrogens with zero attached hydrogens (tertiary/aromatic N) is 2. The number of aromatic nitrogens is 2. The number of rotatable bonds is 4. The Kier molecular flexibility index (Phi) is 5.02. The topological polar surface area (TPSA) is 29.9 Å². The second-order valence-electron chi connectivity index (χ2n) is 6.16. The minimum Gasteiger partial charge on any atom is -0.355 e. The quantitative estimate of drug-likeness (QED) is 0.570. The summed E-state index contributed by atoms with van der Waals surface area (Å²) < 4.78 is 41.8. The van der Waals surface area contributed by atoms with Crippen LogP contribution in [0.4, 0.5) is 18.9 Å². The van der Waals surface area contributed by atoms with Crippen molar-refractivity contribution >= 4 is 23.0 Å². The Morgan fingerprint density at radius 3 is 2.33 bits per heavy atom. The van der Waals surface area contributed by atoms with E-state index in [1.54, 1.807) is 41.8 Å². The molecule has 0 fully saturated rings. The van der Waals surface area contributed by atoms with Gasteiger partial charge < -0.3 is 9.88 Å². The van der Waals surface area contributed by atoms with Crippen molar-refractivity contribution in [2.45, 2.75) is 20.0 Å². The van der Waals surface area contributed by atoms with E-state index in [4.69, 9.17) is 11.6 Å². The zero-order chi connectivity index (χ0) is 19.8. The van der Waals surface area contributed by atoms with E-state index in [0.717, 1.165) is 29.1 Å². The highest BCUT2D eigenvalue weighted by Crippen LogP contribution is 2.34. The van der Waals surface area contributed by atoms with E-state index in [2.05, 4.69) is 16.9 Å². The zero-order valence-corrected chi connectivity index (χ0v) is 15.5. The Labute approximate surface area is 160 Å². The molecular formula is C20H17ClF3N3. The maximum atomic E-state index is 13.4. The molecule has 0 atom stereocenters. The van der Waals surface area contributed by atoms with Gasteiger partial charge >= 0.3 is 6.18 Å². The van der Waals surface area contributed by atoms with Crippen LogP contribution in [0.25, 0.3) is 11.4 Å². The fraction of sp³-hybridized carbons (Fsp3) is 0.150. The van der Waals surface area contributed by atoms with Crippen molar-refractivity contribution in [2.75, 3.05) is 5.32 Å². The summed E-state index contributed by atoms with van der Waals surface area (Å²) in [5.41, 5.74) is 2.63. The van der Waals surface area contributed by atoms with E-state index in [1.165, 1.54) is 6.33 Å². The Bertz CT molecular complexity index is 989. The second-order valence-corrected chi connectivity index (χ2v) is 6.60. The maximum absolute atomic E-state index is 13.4. The number of hydrogen-bond acceptors (Lipinski definition) is 2. The van der Waals surface area contributed by atoms with Gasteiger partial charge in [-0.15, -0.1) is 0 Å². The number of anilines is 1. The number of aryl methyl sites for hydroxylation is 1. The average molecular weight is 392 g/mol. The molecule has 3 nitrogen and oxygen atoms in total.